The van der Waals surface area contributed by atoms with Crippen molar-refractivity contribution in [3.05, 3.63) is 188 Å². The number of allylic oxidation sites excluding steroid dienone is 4. The Labute approximate surface area is 286 Å². The molecule has 0 radical (unpaired) electrons. The number of rotatable bonds is 8. The molecule has 0 amide bonds. The Kier molecular flexibility index (Phi) is 8.07. The molecule has 6 aromatic rings. The predicted octanol–water partition coefficient (Wildman–Crippen LogP) is 9.11. The van der Waals surface area contributed by atoms with Gasteiger partial charge in [0.05, 0.1) is 9.85 Å². The number of carbonyl (C=O) groups is 1. The number of nitrogen functional groups attached to an aromatic ring is 2. The van der Waals surface area contributed by atoms with Gasteiger partial charge in [0.25, 0.3) is 11.4 Å². The molecule has 0 heterocycles. The number of nitro benzene ring substituents is 2. The molecule has 0 atom stereocenters. The van der Waals surface area contributed by atoms with E-state index in [4.69, 9.17) is 11.5 Å². The molecule has 0 aromatic heterocycles. The molecule has 242 valence electrons. The summed E-state index contributed by atoms with van der Waals surface area (Å²) in [5.41, 5.74) is 21.3. The van der Waals surface area contributed by atoms with Crippen molar-refractivity contribution in [2.24, 2.45) is 0 Å². The summed E-state index contributed by atoms with van der Waals surface area (Å²) in [6.07, 6.45) is 0. The van der Waals surface area contributed by atoms with Gasteiger partial charge in [0.15, 0.2) is 5.78 Å². The highest BCUT2D eigenvalue weighted by molar-refractivity contribution is 6.59. The maximum absolute atomic E-state index is 14.7. The molecular weight excluding hydrogens is 628 g/mol. The first-order valence-electron chi connectivity index (χ1n) is 15.6. The number of ketones is 1. The molecule has 0 saturated carbocycles. The topological polar surface area (TPSA) is 155 Å². The molecule has 1 aliphatic carbocycles. The molecule has 0 aliphatic heterocycles. The van der Waals surface area contributed by atoms with Crippen LogP contribution in [-0.4, -0.2) is 15.6 Å². The number of nitro groups is 2. The zero-order valence-electron chi connectivity index (χ0n) is 26.4. The second kappa shape index (κ2) is 12.8. The zero-order chi connectivity index (χ0) is 34.9. The summed E-state index contributed by atoms with van der Waals surface area (Å²) in [6, 6.07) is 42.6. The average Bonchev–Trinajstić information content (AvgIpc) is 3.45. The fourth-order valence-corrected chi connectivity index (χ4v) is 6.24. The zero-order valence-corrected chi connectivity index (χ0v) is 26.4. The molecule has 0 bridgehead atoms. The Hall–Kier alpha value is -7.13. The molecule has 0 unspecified atom stereocenters. The second-order valence-corrected chi connectivity index (χ2v) is 11.8. The summed E-state index contributed by atoms with van der Waals surface area (Å²) in [4.78, 5) is 36.8. The van der Waals surface area contributed by atoms with Gasteiger partial charge in [-0.3, -0.25) is 25.0 Å². The first-order valence-corrected chi connectivity index (χ1v) is 15.6. The van der Waals surface area contributed by atoms with Crippen molar-refractivity contribution in [2.45, 2.75) is 0 Å². The number of anilines is 2. The quantitative estimate of drug-likeness (QED) is 0.0940. The molecule has 6 aromatic carbocycles. The summed E-state index contributed by atoms with van der Waals surface area (Å²) < 4.78 is 0. The van der Waals surface area contributed by atoms with Crippen molar-refractivity contribution in [1.82, 2.24) is 0 Å². The van der Waals surface area contributed by atoms with Crippen LogP contribution in [0.2, 0.25) is 0 Å². The number of carbonyl (C=O) groups excluding carboxylic acids is 1. The summed E-state index contributed by atoms with van der Waals surface area (Å²) >= 11 is 0. The van der Waals surface area contributed by atoms with Crippen LogP contribution in [0.1, 0.15) is 22.3 Å². The minimum absolute atomic E-state index is 0.101. The Morgan fingerprint density at radius 3 is 0.840 bits per heavy atom. The number of benzene rings is 6. The normalized spacial score (nSPS) is 12.8. The van der Waals surface area contributed by atoms with Gasteiger partial charge in [-0.05, 0) is 93.0 Å². The van der Waals surface area contributed by atoms with Gasteiger partial charge >= 0.3 is 0 Å². The van der Waals surface area contributed by atoms with Crippen LogP contribution in [-0.2, 0) is 4.79 Å². The van der Waals surface area contributed by atoms with Gasteiger partial charge in [0.1, 0.15) is 0 Å². The van der Waals surface area contributed by atoms with Gasteiger partial charge in [-0.25, -0.2) is 0 Å². The van der Waals surface area contributed by atoms with Crippen LogP contribution in [0.5, 0.6) is 0 Å². The lowest BCUT2D eigenvalue weighted by Gasteiger charge is -2.15. The summed E-state index contributed by atoms with van der Waals surface area (Å²) in [6.45, 7) is 0. The number of Topliss-reactive ketones (excluding diaryl/α,β-unsaturated/α-hetero) is 1. The maximum Gasteiger partial charge on any atom is 0.269 e. The molecule has 9 heteroatoms. The van der Waals surface area contributed by atoms with E-state index in [0.717, 1.165) is 33.4 Å². The van der Waals surface area contributed by atoms with Crippen LogP contribution in [0.15, 0.2) is 146 Å². The van der Waals surface area contributed by atoms with Crippen LogP contribution in [0.3, 0.4) is 0 Å². The standard InChI is InChI=1S/C41H28N4O5/c42-33-17-9-27(10-18-33)25-1-5-29(6-2-25)37-38(30-7-3-26(4-8-30)28-11-19-34(43)20-12-28)40(32-15-23-36(24-16-32)45(49)50)41(46)39(37)31-13-21-35(22-14-31)44(47)48/h1-24H,42-43H2. The lowest BCUT2D eigenvalue weighted by atomic mass is 9.88. The highest BCUT2D eigenvalue weighted by Crippen LogP contribution is 2.50. The van der Waals surface area contributed by atoms with E-state index in [1.54, 1.807) is 24.3 Å². The minimum Gasteiger partial charge on any atom is -0.399 e. The molecule has 0 spiro atoms. The third-order valence-electron chi connectivity index (χ3n) is 8.77. The molecule has 1 aliphatic rings. The van der Waals surface area contributed by atoms with Crippen LogP contribution in [0.25, 0.3) is 44.5 Å². The van der Waals surface area contributed by atoms with Crippen LogP contribution in [0, 0.1) is 20.2 Å². The highest BCUT2D eigenvalue weighted by atomic mass is 16.6. The van der Waals surface area contributed by atoms with E-state index in [0.29, 0.717) is 44.8 Å². The smallest absolute Gasteiger partial charge is 0.269 e. The minimum atomic E-state index is -0.486. The number of nitrogens with zero attached hydrogens (tertiary/aromatic N) is 2. The van der Waals surface area contributed by atoms with E-state index in [9.17, 15) is 25.0 Å². The Morgan fingerprint density at radius 1 is 0.340 bits per heavy atom. The number of hydrogen-bond acceptors (Lipinski definition) is 7. The third kappa shape index (κ3) is 5.91. The fraction of sp³-hybridized carbons (Fsp3) is 0. The summed E-state index contributed by atoms with van der Waals surface area (Å²) in [7, 11) is 0. The van der Waals surface area contributed by atoms with Crippen molar-refractivity contribution in [2.75, 3.05) is 11.5 Å². The maximum atomic E-state index is 14.7. The molecule has 0 saturated heterocycles. The van der Waals surface area contributed by atoms with E-state index in [-0.39, 0.29) is 17.2 Å². The molecule has 9 nitrogen and oxygen atoms in total. The van der Waals surface area contributed by atoms with Gasteiger partial charge in [-0.1, -0.05) is 72.8 Å². The highest BCUT2D eigenvalue weighted by Gasteiger charge is 2.36. The molecule has 4 N–H and O–H groups in total. The molecule has 50 heavy (non-hydrogen) atoms. The SMILES string of the molecule is Nc1ccc(-c2ccc(C3=C(c4ccc([N+](=O)[O-])cc4)C(=O)C(c4ccc([N+](=O)[O-])cc4)=C3c3ccc(-c4ccc(N)cc4)cc3)cc2)cc1. The van der Waals surface area contributed by atoms with E-state index in [1.165, 1.54) is 24.3 Å². The van der Waals surface area contributed by atoms with Gasteiger partial charge in [-0.2, -0.15) is 0 Å². The fourth-order valence-electron chi connectivity index (χ4n) is 6.24. The summed E-state index contributed by atoms with van der Waals surface area (Å²) in [5.74, 6) is -0.303. The van der Waals surface area contributed by atoms with Gasteiger partial charge in [0, 0.05) is 57.9 Å². The Morgan fingerprint density at radius 2 is 0.560 bits per heavy atom. The van der Waals surface area contributed by atoms with Crippen molar-refractivity contribution in [3.8, 4) is 22.3 Å². The first kappa shape index (κ1) is 31.5. The molecule has 7 rings (SSSR count). The van der Waals surface area contributed by atoms with Crippen LogP contribution < -0.4 is 11.5 Å². The van der Waals surface area contributed by atoms with Crippen molar-refractivity contribution < 1.29 is 14.6 Å². The number of hydrogen-bond donors (Lipinski definition) is 2. The third-order valence-corrected chi connectivity index (χ3v) is 8.77. The average molecular weight is 657 g/mol. The van der Waals surface area contributed by atoms with Gasteiger partial charge in [-0.15, -0.1) is 0 Å². The van der Waals surface area contributed by atoms with Crippen molar-refractivity contribution in [3.63, 3.8) is 0 Å². The Balaban J connectivity index is 1.45. The molecule has 0 fully saturated rings. The lowest BCUT2D eigenvalue weighted by molar-refractivity contribution is -0.385. The Bertz CT molecular complexity index is 2170. The van der Waals surface area contributed by atoms with E-state index < -0.39 is 9.85 Å². The van der Waals surface area contributed by atoms with E-state index in [2.05, 4.69) is 0 Å². The van der Waals surface area contributed by atoms with Crippen LogP contribution in [0.4, 0.5) is 22.7 Å². The second-order valence-electron chi connectivity index (χ2n) is 11.8. The van der Waals surface area contributed by atoms with Crippen molar-refractivity contribution in [1.29, 1.82) is 0 Å². The van der Waals surface area contributed by atoms with Gasteiger partial charge in [0.2, 0.25) is 0 Å². The van der Waals surface area contributed by atoms with Crippen molar-refractivity contribution >= 4 is 50.8 Å². The van der Waals surface area contributed by atoms with Gasteiger partial charge < -0.3 is 11.5 Å². The first-order chi connectivity index (χ1) is 24.2. The van der Waals surface area contributed by atoms with E-state index >= 15 is 0 Å². The largest absolute Gasteiger partial charge is 0.399 e. The van der Waals surface area contributed by atoms with Crippen LogP contribution >= 0.6 is 0 Å². The summed E-state index contributed by atoms with van der Waals surface area (Å²) in [5, 5.41) is 23.0. The van der Waals surface area contributed by atoms with E-state index in [1.807, 2.05) is 97.1 Å². The number of non-ortho nitro benzene ring substituents is 2. The number of nitrogens with two attached hydrogens (primary N) is 2. The monoisotopic (exact) mass is 656 g/mol. The predicted molar refractivity (Wildman–Crippen MR) is 197 cm³/mol. The lowest BCUT2D eigenvalue weighted by Crippen LogP contribution is -2.02. The molecular formula is C41H28N4O5.